The van der Waals surface area contributed by atoms with Crippen molar-refractivity contribution in [2.75, 3.05) is 6.54 Å². The van der Waals surface area contributed by atoms with Gasteiger partial charge >= 0.3 is 6.09 Å². The molecule has 1 heterocycles. The summed E-state index contributed by atoms with van der Waals surface area (Å²) in [5.74, 6) is -1.14. The number of ether oxygens (including phenoxy) is 1. The van der Waals surface area contributed by atoms with Gasteiger partial charge in [-0.05, 0) is 36.1 Å². The maximum absolute atomic E-state index is 12.8. The lowest BCUT2D eigenvalue weighted by molar-refractivity contribution is -0.130. The summed E-state index contributed by atoms with van der Waals surface area (Å²) < 4.78 is 5.35. The van der Waals surface area contributed by atoms with Crippen LogP contribution in [-0.4, -0.2) is 41.4 Å². The van der Waals surface area contributed by atoms with Crippen LogP contribution in [0.2, 0.25) is 0 Å². The van der Waals surface area contributed by atoms with E-state index in [1.165, 1.54) is 4.90 Å². The van der Waals surface area contributed by atoms with Crippen LogP contribution in [0.3, 0.4) is 0 Å². The van der Waals surface area contributed by atoms with Crippen LogP contribution in [0.25, 0.3) is 0 Å². The molecule has 0 bridgehead atoms. The van der Waals surface area contributed by atoms with Crippen molar-refractivity contribution < 1.29 is 19.1 Å². The van der Waals surface area contributed by atoms with Gasteiger partial charge in [0.1, 0.15) is 18.7 Å². The van der Waals surface area contributed by atoms with Gasteiger partial charge in [-0.3, -0.25) is 14.5 Å². The molecule has 3 amide bonds. The lowest BCUT2D eigenvalue weighted by Crippen LogP contribution is -2.53. The van der Waals surface area contributed by atoms with Gasteiger partial charge in [0.15, 0.2) is 0 Å². The molecular formula is C23H24N4O4. The third-order valence-corrected chi connectivity index (χ3v) is 5.15. The first-order valence-electron chi connectivity index (χ1n) is 10.0. The molecule has 3 rings (SSSR count). The van der Waals surface area contributed by atoms with E-state index in [4.69, 9.17) is 15.7 Å². The van der Waals surface area contributed by atoms with Gasteiger partial charge in [0.05, 0.1) is 11.6 Å². The highest BCUT2D eigenvalue weighted by molar-refractivity contribution is 5.91. The Morgan fingerprint density at radius 3 is 2.61 bits per heavy atom. The molecule has 0 aromatic heterocycles. The molecule has 8 heteroatoms. The predicted octanol–water partition coefficient (Wildman–Crippen LogP) is 1.87. The van der Waals surface area contributed by atoms with E-state index in [1.54, 1.807) is 24.3 Å². The van der Waals surface area contributed by atoms with Crippen molar-refractivity contribution in [2.45, 2.75) is 38.0 Å². The Kier molecular flexibility index (Phi) is 7.22. The van der Waals surface area contributed by atoms with Gasteiger partial charge in [-0.1, -0.05) is 42.5 Å². The highest BCUT2D eigenvalue weighted by Crippen LogP contribution is 2.19. The fraction of sp³-hybridized carbons (Fsp3) is 0.304. The summed E-state index contributed by atoms with van der Waals surface area (Å²) in [5.41, 5.74) is 7.49. The number of rotatable bonds is 7. The minimum absolute atomic E-state index is 0.115. The van der Waals surface area contributed by atoms with Gasteiger partial charge in [0.2, 0.25) is 11.8 Å². The van der Waals surface area contributed by atoms with Crippen LogP contribution in [0.5, 0.6) is 0 Å². The summed E-state index contributed by atoms with van der Waals surface area (Å²) in [7, 11) is 0. The second kappa shape index (κ2) is 10.3. The molecule has 0 saturated carbocycles. The van der Waals surface area contributed by atoms with Gasteiger partial charge in [-0.15, -0.1) is 0 Å². The van der Waals surface area contributed by atoms with Crippen molar-refractivity contribution in [3.63, 3.8) is 0 Å². The maximum atomic E-state index is 12.8. The van der Waals surface area contributed by atoms with Crippen LogP contribution in [0.1, 0.15) is 29.5 Å². The van der Waals surface area contributed by atoms with Gasteiger partial charge < -0.3 is 15.8 Å². The molecule has 2 atom stereocenters. The highest BCUT2D eigenvalue weighted by atomic mass is 16.6. The summed E-state index contributed by atoms with van der Waals surface area (Å²) in [6.07, 6.45) is 0.715. The molecule has 0 spiro atoms. The van der Waals surface area contributed by atoms with Crippen molar-refractivity contribution in [1.82, 2.24) is 10.2 Å². The second-order valence-electron chi connectivity index (χ2n) is 7.37. The molecule has 8 nitrogen and oxygen atoms in total. The zero-order valence-electron chi connectivity index (χ0n) is 17.0. The predicted molar refractivity (Wildman–Crippen MR) is 112 cm³/mol. The summed E-state index contributed by atoms with van der Waals surface area (Å²) >= 11 is 0. The lowest BCUT2D eigenvalue weighted by Gasteiger charge is -2.25. The van der Waals surface area contributed by atoms with Crippen LogP contribution < -0.4 is 11.1 Å². The van der Waals surface area contributed by atoms with Crippen molar-refractivity contribution >= 4 is 17.9 Å². The molecule has 1 saturated heterocycles. The van der Waals surface area contributed by atoms with E-state index >= 15 is 0 Å². The van der Waals surface area contributed by atoms with Crippen molar-refractivity contribution in [1.29, 1.82) is 5.26 Å². The maximum Gasteiger partial charge on any atom is 0.410 e. The standard InChI is InChI=1S/C23H24N4O4/c24-14-18-9-4-8-17(12-18)13-19(21(25)28)26-22(29)20-10-5-11-27(20)23(30)31-15-16-6-2-1-3-7-16/h1-4,6-9,12,19-20H,5,10-11,13,15H2,(H2,25,28)(H,26,29)/t19-,20+/m0/s1. The van der Waals surface area contributed by atoms with Crippen molar-refractivity contribution in [3.05, 3.63) is 71.3 Å². The van der Waals surface area contributed by atoms with E-state index in [2.05, 4.69) is 5.32 Å². The Labute approximate surface area is 180 Å². The first-order valence-corrected chi connectivity index (χ1v) is 10.0. The van der Waals surface area contributed by atoms with Crippen molar-refractivity contribution in [3.8, 4) is 6.07 Å². The van der Waals surface area contributed by atoms with E-state index in [0.29, 0.717) is 30.5 Å². The topological polar surface area (TPSA) is 126 Å². The highest BCUT2D eigenvalue weighted by Gasteiger charge is 2.36. The number of hydrogen-bond acceptors (Lipinski definition) is 5. The van der Waals surface area contributed by atoms with Gasteiger partial charge in [-0.25, -0.2) is 4.79 Å². The minimum atomic E-state index is -0.954. The molecule has 3 N–H and O–H groups in total. The number of primary amides is 1. The number of benzene rings is 2. The first-order chi connectivity index (χ1) is 15.0. The smallest absolute Gasteiger partial charge is 0.410 e. The lowest BCUT2D eigenvalue weighted by atomic mass is 10.0. The molecule has 1 aliphatic rings. The number of nitriles is 1. The normalized spacial score (nSPS) is 16.2. The minimum Gasteiger partial charge on any atom is -0.445 e. The molecule has 0 aliphatic carbocycles. The molecule has 1 aliphatic heterocycles. The Hall–Kier alpha value is -3.86. The summed E-state index contributed by atoms with van der Waals surface area (Å²) in [4.78, 5) is 38.7. The van der Waals surface area contributed by atoms with Gasteiger partial charge in [0, 0.05) is 13.0 Å². The molecule has 0 radical (unpaired) electrons. The van der Waals surface area contributed by atoms with E-state index in [1.807, 2.05) is 36.4 Å². The summed E-state index contributed by atoms with van der Waals surface area (Å²) in [6, 6.07) is 16.4. The average Bonchev–Trinajstić information content (AvgIpc) is 3.28. The van der Waals surface area contributed by atoms with Crippen LogP contribution in [-0.2, 0) is 27.4 Å². The second-order valence-corrected chi connectivity index (χ2v) is 7.37. The number of nitrogens with one attached hydrogen (secondary N) is 1. The number of nitrogens with two attached hydrogens (primary N) is 1. The third kappa shape index (κ3) is 5.82. The van der Waals surface area contributed by atoms with Crippen LogP contribution >= 0.6 is 0 Å². The number of carbonyl (C=O) groups is 3. The summed E-state index contributed by atoms with van der Waals surface area (Å²) in [5, 5.41) is 11.7. The van der Waals surface area contributed by atoms with Gasteiger partial charge in [-0.2, -0.15) is 5.26 Å². The number of nitrogens with zero attached hydrogens (tertiary/aromatic N) is 2. The number of amides is 3. The molecule has 160 valence electrons. The number of carbonyl (C=O) groups excluding carboxylic acids is 3. The van der Waals surface area contributed by atoms with E-state index < -0.39 is 30.0 Å². The quantitative estimate of drug-likeness (QED) is 0.707. The Bertz CT molecular complexity index is 987. The fourth-order valence-electron chi connectivity index (χ4n) is 3.55. The monoisotopic (exact) mass is 420 g/mol. The van der Waals surface area contributed by atoms with Crippen molar-refractivity contribution in [2.24, 2.45) is 5.73 Å². The van der Waals surface area contributed by atoms with Crippen LogP contribution in [0, 0.1) is 11.3 Å². The fourth-order valence-corrected chi connectivity index (χ4v) is 3.55. The van der Waals surface area contributed by atoms with E-state index in [9.17, 15) is 14.4 Å². The molecule has 31 heavy (non-hydrogen) atoms. The Morgan fingerprint density at radius 2 is 1.90 bits per heavy atom. The first kappa shape index (κ1) is 21.8. The zero-order valence-corrected chi connectivity index (χ0v) is 17.0. The molecule has 1 fully saturated rings. The number of likely N-dealkylation sites (tertiary alicyclic amines) is 1. The van der Waals surface area contributed by atoms with E-state index in [-0.39, 0.29) is 13.0 Å². The molecule has 2 aromatic rings. The molecule has 0 unspecified atom stereocenters. The zero-order chi connectivity index (χ0) is 22.2. The SMILES string of the molecule is N#Cc1cccc(C[C@H](NC(=O)[C@H]2CCCN2C(=O)OCc2ccccc2)C(N)=O)c1. The van der Waals surface area contributed by atoms with Crippen LogP contribution in [0.4, 0.5) is 4.79 Å². The van der Waals surface area contributed by atoms with Crippen LogP contribution in [0.15, 0.2) is 54.6 Å². The largest absolute Gasteiger partial charge is 0.445 e. The van der Waals surface area contributed by atoms with E-state index in [0.717, 1.165) is 5.56 Å². The third-order valence-electron chi connectivity index (χ3n) is 5.15. The summed E-state index contributed by atoms with van der Waals surface area (Å²) in [6.45, 7) is 0.515. The molecular weight excluding hydrogens is 396 g/mol. The Balaban J connectivity index is 1.61. The number of hydrogen-bond donors (Lipinski definition) is 2. The van der Waals surface area contributed by atoms with Gasteiger partial charge in [0.25, 0.3) is 0 Å². The average molecular weight is 420 g/mol. The Morgan fingerprint density at radius 1 is 1.16 bits per heavy atom. The molecule has 2 aromatic carbocycles.